The molecule has 3 rings (SSSR count). The smallest absolute Gasteiger partial charge is 0.341 e. The van der Waals surface area contributed by atoms with E-state index in [2.05, 4.69) is 0 Å². The van der Waals surface area contributed by atoms with Crippen molar-refractivity contribution in [3.05, 3.63) is 65.2 Å². The van der Waals surface area contributed by atoms with Gasteiger partial charge in [0.15, 0.2) is 0 Å². The van der Waals surface area contributed by atoms with Crippen LogP contribution in [0.2, 0.25) is 0 Å². The number of carbonyl (C=O) groups excluding carboxylic acids is 2. The number of piperidine rings is 1. The van der Waals surface area contributed by atoms with Gasteiger partial charge < -0.3 is 14.4 Å². The van der Waals surface area contributed by atoms with Crippen molar-refractivity contribution in [1.29, 1.82) is 0 Å². The summed E-state index contributed by atoms with van der Waals surface area (Å²) in [5, 5.41) is 0. The summed E-state index contributed by atoms with van der Waals surface area (Å²) in [6.07, 6.45) is 1.71. The molecule has 5 heteroatoms. The van der Waals surface area contributed by atoms with Gasteiger partial charge in [-0.1, -0.05) is 36.4 Å². The van der Waals surface area contributed by atoms with Crippen LogP contribution in [0.1, 0.15) is 40.2 Å². The fraction of sp³-hybridized carbons (Fsp3) is 0.333. The lowest BCUT2D eigenvalue weighted by Gasteiger charge is -2.33. The lowest BCUT2D eigenvalue weighted by Crippen LogP contribution is -2.39. The molecular formula is C21H23NO4. The standard InChI is InChI=1S/C21H23NO4/c1-25-19-11-10-16(13-18(19)21(24)26-2)17-9-6-12-22(20(17)23)14-15-7-4-3-5-8-15/h3-5,7-8,10-11,13,17H,6,9,12,14H2,1-2H3. The maximum absolute atomic E-state index is 13.0. The molecular weight excluding hydrogens is 330 g/mol. The van der Waals surface area contributed by atoms with Crippen LogP contribution in [-0.4, -0.2) is 37.5 Å². The van der Waals surface area contributed by atoms with Crippen LogP contribution < -0.4 is 4.74 Å². The number of esters is 1. The van der Waals surface area contributed by atoms with Gasteiger partial charge in [-0.25, -0.2) is 4.79 Å². The minimum Gasteiger partial charge on any atom is -0.496 e. The zero-order valence-electron chi connectivity index (χ0n) is 15.1. The lowest BCUT2D eigenvalue weighted by molar-refractivity contribution is -0.135. The molecule has 136 valence electrons. The van der Waals surface area contributed by atoms with Crippen LogP contribution in [-0.2, 0) is 16.1 Å². The predicted molar refractivity (Wildman–Crippen MR) is 98.2 cm³/mol. The molecule has 0 radical (unpaired) electrons. The number of hydrogen-bond acceptors (Lipinski definition) is 4. The summed E-state index contributed by atoms with van der Waals surface area (Å²) in [7, 11) is 2.84. The molecule has 1 atom stereocenters. The SMILES string of the molecule is COC(=O)c1cc(C2CCCN(Cc3ccccc3)C2=O)ccc1OC. The van der Waals surface area contributed by atoms with Gasteiger partial charge in [0.2, 0.25) is 5.91 Å². The Morgan fingerprint density at radius 2 is 1.92 bits per heavy atom. The van der Waals surface area contributed by atoms with Crippen LogP contribution in [0.4, 0.5) is 0 Å². The molecule has 1 amide bonds. The first kappa shape index (κ1) is 18.0. The third kappa shape index (κ3) is 3.72. The van der Waals surface area contributed by atoms with E-state index in [1.54, 1.807) is 12.1 Å². The molecule has 1 aliphatic rings. The van der Waals surface area contributed by atoms with Gasteiger partial charge in [0.05, 0.1) is 20.1 Å². The Morgan fingerprint density at radius 1 is 1.15 bits per heavy atom. The Kier molecular flexibility index (Phi) is 5.56. The molecule has 0 spiro atoms. The first-order chi connectivity index (χ1) is 12.6. The van der Waals surface area contributed by atoms with Crippen LogP contribution in [0.25, 0.3) is 0 Å². The molecule has 1 unspecified atom stereocenters. The van der Waals surface area contributed by atoms with Crippen molar-refractivity contribution in [2.24, 2.45) is 0 Å². The fourth-order valence-electron chi connectivity index (χ4n) is 3.42. The van der Waals surface area contributed by atoms with Crippen molar-refractivity contribution < 1.29 is 19.1 Å². The molecule has 1 saturated heterocycles. The van der Waals surface area contributed by atoms with E-state index in [1.165, 1.54) is 14.2 Å². The summed E-state index contributed by atoms with van der Waals surface area (Å²) in [6, 6.07) is 15.3. The van der Waals surface area contributed by atoms with Gasteiger partial charge in [-0.2, -0.15) is 0 Å². The number of amides is 1. The number of rotatable bonds is 5. The zero-order chi connectivity index (χ0) is 18.5. The van der Waals surface area contributed by atoms with E-state index < -0.39 is 5.97 Å². The van der Waals surface area contributed by atoms with E-state index in [4.69, 9.17) is 9.47 Å². The zero-order valence-corrected chi connectivity index (χ0v) is 15.1. The molecule has 5 nitrogen and oxygen atoms in total. The summed E-state index contributed by atoms with van der Waals surface area (Å²) < 4.78 is 10.1. The molecule has 2 aromatic carbocycles. The third-order valence-corrected chi connectivity index (χ3v) is 4.78. The Labute approximate surface area is 153 Å². The molecule has 0 bridgehead atoms. The predicted octanol–water partition coefficient (Wildman–Crippen LogP) is 3.39. The van der Waals surface area contributed by atoms with Gasteiger partial charge in [-0.3, -0.25) is 4.79 Å². The minimum absolute atomic E-state index is 0.0982. The highest BCUT2D eigenvalue weighted by Crippen LogP contribution is 2.32. The molecule has 1 fully saturated rings. The highest BCUT2D eigenvalue weighted by molar-refractivity contribution is 5.93. The van der Waals surface area contributed by atoms with Crippen molar-refractivity contribution in [2.75, 3.05) is 20.8 Å². The number of methoxy groups -OCH3 is 2. The summed E-state index contributed by atoms with van der Waals surface area (Å²) in [6.45, 7) is 1.36. The molecule has 0 saturated carbocycles. The Hall–Kier alpha value is -2.82. The molecule has 0 aliphatic carbocycles. The maximum atomic E-state index is 13.0. The second-order valence-corrected chi connectivity index (χ2v) is 6.39. The van der Waals surface area contributed by atoms with Crippen LogP contribution in [0, 0.1) is 0 Å². The Balaban J connectivity index is 1.84. The van der Waals surface area contributed by atoms with Gasteiger partial charge in [-0.05, 0) is 36.1 Å². The second-order valence-electron chi connectivity index (χ2n) is 6.39. The molecule has 0 N–H and O–H groups in total. The van der Waals surface area contributed by atoms with E-state index in [0.29, 0.717) is 17.9 Å². The highest BCUT2D eigenvalue weighted by atomic mass is 16.5. The lowest BCUT2D eigenvalue weighted by atomic mass is 9.88. The van der Waals surface area contributed by atoms with Gasteiger partial charge in [0, 0.05) is 13.1 Å². The van der Waals surface area contributed by atoms with E-state index in [9.17, 15) is 9.59 Å². The number of ether oxygens (including phenoxy) is 2. The molecule has 2 aromatic rings. The summed E-state index contributed by atoms with van der Waals surface area (Å²) in [5.74, 6) is -0.166. The second kappa shape index (κ2) is 8.04. The first-order valence-electron chi connectivity index (χ1n) is 8.73. The molecule has 0 aromatic heterocycles. The summed E-state index contributed by atoms with van der Waals surface area (Å²) >= 11 is 0. The van der Waals surface area contributed by atoms with E-state index in [-0.39, 0.29) is 11.8 Å². The monoisotopic (exact) mass is 353 g/mol. The summed E-state index contributed by atoms with van der Waals surface area (Å²) in [4.78, 5) is 26.9. The Morgan fingerprint density at radius 3 is 2.62 bits per heavy atom. The van der Waals surface area contributed by atoms with E-state index in [1.807, 2.05) is 41.3 Å². The largest absolute Gasteiger partial charge is 0.496 e. The number of likely N-dealkylation sites (tertiary alicyclic amines) is 1. The molecule has 1 aliphatic heterocycles. The normalized spacial score (nSPS) is 17.1. The summed E-state index contributed by atoms with van der Waals surface area (Å²) in [5.41, 5.74) is 2.29. The quantitative estimate of drug-likeness (QED) is 0.773. The average molecular weight is 353 g/mol. The number of benzene rings is 2. The Bertz CT molecular complexity index is 788. The van der Waals surface area contributed by atoms with Gasteiger partial charge >= 0.3 is 5.97 Å². The van der Waals surface area contributed by atoms with Crippen LogP contribution >= 0.6 is 0 Å². The molecule has 1 heterocycles. The van der Waals surface area contributed by atoms with Crippen molar-refractivity contribution >= 4 is 11.9 Å². The minimum atomic E-state index is -0.465. The molecule has 26 heavy (non-hydrogen) atoms. The number of hydrogen-bond donors (Lipinski definition) is 0. The number of carbonyl (C=O) groups is 2. The van der Waals surface area contributed by atoms with Crippen LogP contribution in [0.5, 0.6) is 5.75 Å². The van der Waals surface area contributed by atoms with Crippen molar-refractivity contribution in [3.63, 3.8) is 0 Å². The maximum Gasteiger partial charge on any atom is 0.341 e. The van der Waals surface area contributed by atoms with Crippen molar-refractivity contribution in [2.45, 2.75) is 25.3 Å². The average Bonchev–Trinajstić information content (AvgIpc) is 2.69. The highest BCUT2D eigenvalue weighted by Gasteiger charge is 2.31. The first-order valence-corrected chi connectivity index (χ1v) is 8.73. The van der Waals surface area contributed by atoms with Gasteiger partial charge in [0.1, 0.15) is 11.3 Å². The van der Waals surface area contributed by atoms with Crippen molar-refractivity contribution in [3.8, 4) is 5.75 Å². The van der Waals surface area contributed by atoms with E-state index >= 15 is 0 Å². The third-order valence-electron chi connectivity index (χ3n) is 4.78. The number of nitrogens with zero attached hydrogens (tertiary/aromatic N) is 1. The van der Waals surface area contributed by atoms with Crippen LogP contribution in [0.15, 0.2) is 48.5 Å². The van der Waals surface area contributed by atoms with Gasteiger partial charge in [-0.15, -0.1) is 0 Å². The van der Waals surface area contributed by atoms with Crippen LogP contribution in [0.3, 0.4) is 0 Å². The van der Waals surface area contributed by atoms with Crippen molar-refractivity contribution in [1.82, 2.24) is 4.90 Å². The van der Waals surface area contributed by atoms with E-state index in [0.717, 1.165) is 30.5 Å². The van der Waals surface area contributed by atoms with Gasteiger partial charge in [0.25, 0.3) is 0 Å². The fourth-order valence-corrected chi connectivity index (χ4v) is 3.42. The topological polar surface area (TPSA) is 55.8 Å².